The van der Waals surface area contributed by atoms with Gasteiger partial charge in [0.1, 0.15) is 0 Å². The molecule has 1 N–H and O–H groups in total. The number of carbonyl (C=O) groups excluding carboxylic acids is 1. The number of aromatic amines is 1. The van der Waals surface area contributed by atoms with Crippen LogP contribution < -0.4 is 0 Å². The van der Waals surface area contributed by atoms with Gasteiger partial charge in [-0.25, -0.2) is 4.98 Å². The van der Waals surface area contributed by atoms with Gasteiger partial charge in [0, 0.05) is 18.7 Å². The number of H-pyrrole nitrogens is 1. The Morgan fingerprint density at radius 2 is 1.83 bits per heavy atom. The third-order valence-electron chi connectivity index (χ3n) is 5.71. The van der Waals surface area contributed by atoms with E-state index in [1.54, 1.807) is 0 Å². The van der Waals surface area contributed by atoms with Crippen LogP contribution in [-0.2, 0) is 11.2 Å². The van der Waals surface area contributed by atoms with Crippen molar-refractivity contribution in [1.29, 1.82) is 0 Å². The molecule has 0 spiro atoms. The van der Waals surface area contributed by atoms with E-state index >= 15 is 0 Å². The zero-order valence-corrected chi connectivity index (χ0v) is 18.4. The summed E-state index contributed by atoms with van der Waals surface area (Å²) in [5.41, 5.74) is 3.60. The zero-order chi connectivity index (χ0) is 20.9. The van der Waals surface area contributed by atoms with Gasteiger partial charge in [-0.1, -0.05) is 71.9 Å². The summed E-state index contributed by atoms with van der Waals surface area (Å²) in [5, 5.41) is 7.70. The summed E-state index contributed by atoms with van der Waals surface area (Å²) in [6.45, 7) is 5.68. The van der Waals surface area contributed by atoms with Gasteiger partial charge in [-0.05, 0) is 44.6 Å². The van der Waals surface area contributed by atoms with Crippen LogP contribution in [-0.4, -0.2) is 44.3 Å². The van der Waals surface area contributed by atoms with E-state index in [4.69, 9.17) is 0 Å². The van der Waals surface area contributed by atoms with E-state index in [2.05, 4.69) is 64.6 Å². The molecule has 1 fully saturated rings. The van der Waals surface area contributed by atoms with Crippen molar-refractivity contribution in [3.63, 3.8) is 0 Å². The number of carbonyl (C=O) groups is 1. The van der Waals surface area contributed by atoms with Crippen LogP contribution >= 0.6 is 11.8 Å². The van der Waals surface area contributed by atoms with E-state index < -0.39 is 0 Å². The molecule has 1 aliphatic rings. The quantitative estimate of drug-likeness (QED) is 0.585. The lowest BCUT2D eigenvalue weighted by atomic mass is 9.90. The molecule has 1 saturated heterocycles. The molecule has 6 heteroatoms. The molecule has 0 radical (unpaired) electrons. The van der Waals surface area contributed by atoms with Gasteiger partial charge >= 0.3 is 0 Å². The molecule has 2 aromatic carbocycles. The predicted molar refractivity (Wildman–Crippen MR) is 121 cm³/mol. The number of rotatable bonds is 6. The highest BCUT2D eigenvalue weighted by atomic mass is 32.2. The molecule has 156 valence electrons. The summed E-state index contributed by atoms with van der Waals surface area (Å²) in [5.74, 6) is 1.57. The SMILES string of the molecule is Cc1ccc(-c2nc(S[C@H](C)C(=O)N3CCC(Cc4ccccc4)CC3)n[nH]2)cc1. The molecule has 30 heavy (non-hydrogen) atoms. The van der Waals surface area contributed by atoms with Gasteiger partial charge in [0.25, 0.3) is 0 Å². The summed E-state index contributed by atoms with van der Waals surface area (Å²) in [6.07, 6.45) is 3.23. The van der Waals surface area contributed by atoms with Crippen LogP contribution in [0.1, 0.15) is 30.9 Å². The van der Waals surface area contributed by atoms with Crippen LogP contribution in [0.4, 0.5) is 0 Å². The van der Waals surface area contributed by atoms with E-state index in [-0.39, 0.29) is 11.2 Å². The molecule has 1 amide bonds. The second-order valence-corrected chi connectivity index (χ2v) is 9.36. The number of piperidine rings is 1. The maximum Gasteiger partial charge on any atom is 0.235 e. The number of hydrogen-bond donors (Lipinski definition) is 1. The fraction of sp³-hybridized carbons (Fsp3) is 0.375. The summed E-state index contributed by atoms with van der Waals surface area (Å²) >= 11 is 1.42. The van der Waals surface area contributed by atoms with Crippen LogP contribution in [0.25, 0.3) is 11.4 Å². The van der Waals surface area contributed by atoms with Crippen molar-refractivity contribution >= 4 is 17.7 Å². The third-order valence-corrected chi connectivity index (χ3v) is 6.66. The van der Waals surface area contributed by atoms with Crippen molar-refractivity contribution in [2.24, 2.45) is 5.92 Å². The van der Waals surface area contributed by atoms with E-state index in [9.17, 15) is 4.79 Å². The van der Waals surface area contributed by atoms with Gasteiger partial charge in [0.15, 0.2) is 5.82 Å². The van der Waals surface area contributed by atoms with E-state index in [1.807, 2.05) is 24.0 Å². The molecule has 1 atom stereocenters. The lowest BCUT2D eigenvalue weighted by Gasteiger charge is -2.33. The maximum atomic E-state index is 12.9. The molecule has 5 nitrogen and oxygen atoms in total. The van der Waals surface area contributed by atoms with Gasteiger partial charge in [-0.15, -0.1) is 5.10 Å². The summed E-state index contributed by atoms with van der Waals surface area (Å²) < 4.78 is 0. The average molecular weight is 421 g/mol. The zero-order valence-electron chi connectivity index (χ0n) is 17.5. The van der Waals surface area contributed by atoms with Crippen molar-refractivity contribution in [3.8, 4) is 11.4 Å². The Bertz CT molecular complexity index is 962. The molecule has 0 saturated carbocycles. The second kappa shape index (κ2) is 9.47. The third kappa shape index (κ3) is 5.11. The molecule has 1 aliphatic heterocycles. The lowest BCUT2D eigenvalue weighted by Crippen LogP contribution is -2.42. The van der Waals surface area contributed by atoms with Gasteiger partial charge in [0.2, 0.25) is 11.1 Å². The Hall–Kier alpha value is -2.60. The summed E-state index contributed by atoms with van der Waals surface area (Å²) in [4.78, 5) is 19.5. The molecule has 1 aromatic heterocycles. The number of nitrogens with one attached hydrogen (secondary N) is 1. The highest BCUT2D eigenvalue weighted by Gasteiger charge is 2.27. The number of thioether (sulfide) groups is 1. The van der Waals surface area contributed by atoms with Crippen LogP contribution in [0.5, 0.6) is 0 Å². The molecular formula is C24H28N4OS. The largest absolute Gasteiger partial charge is 0.342 e. The first-order chi connectivity index (χ1) is 14.6. The topological polar surface area (TPSA) is 61.9 Å². The normalized spacial score (nSPS) is 15.9. The summed E-state index contributed by atoms with van der Waals surface area (Å²) in [7, 11) is 0. The van der Waals surface area contributed by atoms with Crippen LogP contribution in [0.2, 0.25) is 0 Å². The Morgan fingerprint density at radius 1 is 1.13 bits per heavy atom. The predicted octanol–water partition coefficient (Wildman–Crippen LogP) is 4.74. The summed E-state index contributed by atoms with van der Waals surface area (Å²) in [6, 6.07) is 18.8. The first-order valence-corrected chi connectivity index (χ1v) is 11.5. The van der Waals surface area contributed by atoms with E-state index in [0.717, 1.165) is 43.7 Å². The molecular weight excluding hydrogens is 392 g/mol. The Labute approximate surface area is 182 Å². The monoisotopic (exact) mass is 420 g/mol. The maximum absolute atomic E-state index is 12.9. The fourth-order valence-electron chi connectivity index (χ4n) is 3.91. The molecule has 3 aromatic rings. The van der Waals surface area contributed by atoms with Crippen molar-refractivity contribution < 1.29 is 4.79 Å². The highest BCUT2D eigenvalue weighted by molar-refractivity contribution is 8.00. The molecule has 4 rings (SSSR count). The first-order valence-electron chi connectivity index (χ1n) is 10.6. The number of aryl methyl sites for hydroxylation is 1. The van der Waals surface area contributed by atoms with Gasteiger partial charge in [-0.2, -0.15) is 0 Å². The van der Waals surface area contributed by atoms with Gasteiger partial charge < -0.3 is 4.90 Å². The van der Waals surface area contributed by atoms with Crippen molar-refractivity contribution in [1.82, 2.24) is 20.1 Å². The molecule has 0 aliphatic carbocycles. The highest BCUT2D eigenvalue weighted by Crippen LogP contribution is 2.27. The van der Waals surface area contributed by atoms with Gasteiger partial charge in [-0.3, -0.25) is 9.89 Å². The smallest absolute Gasteiger partial charge is 0.235 e. The van der Waals surface area contributed by atoms with Crippen molar-refractivity contribution in [2.45, 2.75) is 43.5 Å². The van der Waals surface area contributed by atoms with Crippen LogP contribution in [0, 0.1) is 12.8 Å². The number of benzene rings is 2. The second-order valence-electron chi connectivity index (χ2n) is 8.05. The number of hydrogen-bond acceptors (Lipinski definition) is 4. The molecule has 0 bridgehead atoms. The van der Waals surface area contributed by atoms with Crippen LogP contribution in [0.15, 0.2) is 59.8 Å². The fourth-order valence-corrected chi connectivity index (χ4v) is 4.72. The Balaban J connectivity index is 1.29. The minimum absolute atomic E-state index is 0.180. The lowest BCUT2D eigenvalue weighted by molar-refractivity contribution is -0.131. The standard InChI is InChI=1S/C24H28N4OS/c1-17-8-10-21(11-9-17)22-25-24(27-26-22)30-18(2)23(29)28-14-12-20(13-15-28)16-19-6-4-3-5-7-19/h3-11,18,20H,12-16H2,1-2H3,(H,25,26,27)/t18-/m1/s1. The molecule has 0 unspecified atom stereocenters. The minimum Gasteiger partial charge on any atom is -0.342 e. The van der Waals surface area contributed by atoms with E-state index in [1.165, 1.54) is 22.9 Å². The Morgan fingerprint density at radius 3 is 2.53 bits per heavy atom. The van der Waals surface area contributed by atoms with Crippen molar-refractivity contribution in [2.75, 3.05) is 13.1 Å². The van der Waals surface area contributed by atoms with Crippen molar-refractivity contribution in [3.05, 3.63) is 65.7 Å². The van der Waals surface area contributed by atoms with Gasteiger partial charge in [0.05, 0.1) is 5.25 Å². The minimum atomic E-state index is -0.197. The number of nitrogens with zero attached hydrogens (tertiary/aromatic N) is 3. The number of likely N-dealkylation sites (tertiary alicyclic amines) is 1. The van der Waals surface area contributed by atoms with E-state index in [0.29, 0.717) is 11.1 Å². The molecule has 2 heterocycles. The average Bonchev–Trinajstić information content (AvgIpc) is 3.23. The Kier molecular flexibility index (Phi) is 6.53. The number of aromatic nitrogens is 3. The van der Waals surface area contributed by atoms with Crippen LogP contribution in [0.3, 0.4) is 0 Å². The first kappa shape index (κ1) is 20.7. The number of amides is 1.